The molecule has 2 rings (SSSR count). The molecule has 0 unspecified atom stereocenters. The van der Waals surface area contributed by atoms with Crippen LogP contribution < -0.4 is 5.32 Å². The third kappa shape index (κ3) is 2.34. The molecule has 1 fully saturated rings. The first kappa shape index (κ1) is 13.3. The van der Waals surface area contributed by atoms with E-state index in [0.717, 1.165) is 25.7 Å². The van der Waals surface area contributed by atoms with Crippen molar-refractivity contribution in [3.63, 3.8) is 0 Å². The molecule has 0 bridgehead atoms. The minimum atomic E-state index is -2.12. The number of halogens is 5. The number of hydrogen-bond acceptors (Lipinski definition) is 1. The van der Waals surface area contributed by atoms with E-state index >= 15 is 0 Å². The molecule has 0 atom stereocenters. The second-order valence-electron chi connectivity index (χ2n) is 4.41. The first-order chi connectivity index (χ1) is 8.52. The maximum atomic E-state index is 13.3. The molecule has 100 valence electrons. The Bertz CT molecular complexity index is 425. The van der Waals surface area contributed by atoms with Gasteiger partial charge in [0.2, 0.25) is 5.82 Å². The molecule has 0 aromatic heterocycles. The lowest BCUT2D eigenvalue weighted by Crippen LogP contribution is -2.27. The maximum absolute atomic E-state index is 13.3. The van der Waals surface area contributed by atoms with E-state index < -0.39 is 34.6 Å². The van der Waals surface area contributed by atoms with Crippen LogP contribution in [-0.2, 0) is 6.54 Å². The summed E-state index contributed by atoms with van der Waals surface area (Å²) in [5.41, 5.74) is -0.793. The van der Waals surface area contributed by atoms with E-state index in [1.54, 1.807) is 0 Å². The van der Waals surface area contributed by atoms with E-state index in [1.165, 1.54) is 0 Å². The van der Waals surface area contributed by atoms with Crippen LogP contribution in [0.2, 0.25) is 0 Å². The van der Waals surface area contributed by atoms with Gasteiger partial charge in [-0.3, -0.25) is 0 Å². The van der Waals surface area contributed by atoms with Crippen molar-refractivity contribution in [2.45, 2.75) is 38.3 Å². The minimum Gasteiger partial charge on any atom is -0.310 e. The Morgan fingerprint density at radius 3 is 1.72 bits per heavy atom. The van der Waals surface area contributed by atoms with E-state index in [-0.39, 0.29) is 12.6 Å². The van der Waals surface area contributed by atoms with Gasteiger partial charge in [-0.2, -0.15) is 0 Å². The van der Waals surface area contributed by atoms with E-state index in [1.807, 2.05) is 0 Å². The van der Waals surface area contributed by atoms with Crippen LogP contribution in [0.4, 0.5) is 22.0 Å². The fourth-order valence-corrected chi connectivity index (χ4v) is 2.18. The van der Waals surface area contributed by atoms with Crippen LogP contribution in [-0.4, -0.2) is 6.04 Å². The lowest BCUT2D eigenvalue weighted by atomic mass is 10.1. The summed E-state index contributed by atoms with van der Waals surface area (Å²) in [5.74, 6) is -9.40. The summed E-state index contributed by atoms with van der Waals surface area (Å²) in [5, 5.41) is 2.82. The van der Waals surface area contributed by atoms with Gasteiger partial charge in [0.1, 0.15) is 0 Å². The van der Waals surface area contributed by atoms with Crippen molar-refractivity contribution in [1.29, 1.82) is 0 Å². The predicted octanol–water partition coefficient (Wildman–Crippen LogP) is 3.41. The molecule has 1 aliphatic rings. The van der Waals surface area contributed by atoms with Crippen molar-refractivity contribution in [3.05, 3.63) is 34.6 Å². The molecule has 1 aromatic carbocycles. The standard InChI is InChI=1S/C12H12F5N/c13-8-7(5-18-6-3-1-2-4-6)9(14)11(16)12(17)10(8)15/h6,18H,1-5H2. The average molecular weight is 265 g/mol. The Hall–Kier alpha value is -1.17. The molecule has 0 saturated heterocycles. The molecular formula is C12H12F5N. The quantitative estimate of drug-likeness (QED) is 0.501. The Labute approximate surface area is 101 Å². The third-order valence-corrected chi connectivity index (χ3v) is 3.22. The topological polar surface area (TPSA) is 12.0 Å². The molecule has 1 N–H and O–H groups in total. The summed E-state index contributed by atoms with van der Waals surface area (Å²) in [6, 6.07) is 0.0833. The summed E-state index contributed by atoms with van der Waals surface area (Å²) in [6.45, 7) is -0.351. The molecule has 1 aliphatic carbocycles. The van der Waals surface area contributed by atoms with Gasteiger partial charge >= 0.3 is 0 Å². The summed E-state index contributed by atoms with van der Waals surface area (Å²) in [7, 11) is 0. The van der Waals surface area contributed by atoms with Gasteiger partial charge in [0.25, 0.3) is 0 Å². The highest BCUT2D eigenvalue weighted by Crippen LogP contribution is 2.24. The van der Waals surface area contributed by atoms with Gasteiger partial charge in [-0.1, -0.05) is 12.8 Å². The van der Waals surface area contributed by atoms with Crippen molar-refractivity contribution in [1.82, 2.24) is 5.32 Å². The summed E-state index contributed by atoms with van der Waals surface area (Å²) >= 11 is 0. The van der Waals surface area contributed by atoms with Crippen molar-refractivity contribution in [2.24, 2.45) is 0 Å². The Kier molecular flexibility index (Phi) is 3.85. The van der Waals surface area contributed by atoms with E-state index in [9.17, 15) is 22.0 Å². The van der Waals surface area contributed by atoms with Crippen LogP contribution in [0.3, 0.4) is 0 Å². The summed E-state index contributed by atoms with van der Waals surface area (Å²) < 4.78 is 65.3. The van der Waals surface area contributed by atoms with Crippen molar-refractivity contribution in [2.75, 3.05) is 0 Å². The molecule has 1 aromatic rings. The smallest absolute Gasteiger partial charge is 0.200 e. The molecule has 1 saturated carbocycles. The second kappa shape index (κ2) is 5.22. The number of rotatable bonds is 3. The fraction of sp³-hybridized carbons (Fsp3) is 0.500. The largest absolute Gasteiger partial charge is 0.310 e. The predicted molar refractivity (Wildman–Crippen MR) is 55.3 cm³/mol. The van der Waals surface area contributed by atoms with E-state index in [4.69, 9.17) is 0 Å². The van der Waals surface area contributed by atoms with Crippen LogP contribution in [0.15, 0.2) is 0 Å². The molecule has 0 aliphatic heterocycles. The highest BCUT2D eigenvalue weighted by Gasteiger charge is 2.26. The van der Waals surface area contributed by atoms with Gasteiger partial charge < -0.3 is 5.32 Å². The van der Waals surface area contributed by atoms with Gasteiger partial charge in [0.15, 0.2) is 23.3 Å². The lowest BCUT2D eigenvalue weighted by molar-refractivity contribution is 0.364. The average Bonchev–Trinajstić information content (AvgIpc) is 2.87. The van der Waals surface area contributed by atoms with E-state index in [0.29, 0.717) is 0 Å². The summed E-state index contributed by atoms with van der Waals surface area (Å²) in [4.78, 5) is 0. The molecule has 0 heterocycles. The van der Waals surface area contributed by atoms with Crippen LogP contribution in [0.5, 0.6) is 0 Å². The molecule has 18 heavy (non-hydrogen) atoms. The molecular weight excluding hydrogens is 253 g/mol. The fourth-order valence-electron chi connectivity index (χ4n) is 2.18. The molecule has 6 heteroatoms. The minimum absolute atomic E-state index is 0.0833. The van der Waals surface area contributed by atoms with Crippen molar-refractivity contribution in [3.8, 4) is 0 Å². The highest BCUT2D eigenvalue weighted by atomic mass is 19.2. The number of hydrogen-bond donors (Lipinski definition) is 1. The van der Waals surface area contributed by atoms with Crippen LogP contribution >= 0.6 is 0 Å². The molecule has 0 spiro atoms. The first-order valence-corrected chi connectivity index (χ1v) is 5.76. The van der Waals surface area contributed by atoms with Gasteiger partial charge in [0.05, 0.1) is 0 Å². The Morgan fingerprint density at radius 2 is 1.22 bits per heavy atom. The van der Waals surface area contributed by atoms with Crippen LogP contribution in [0.1, 0.15) is 31.2 Å². The first-order valence-electron chi connectivity index (χ1n) is 5.76. The van der Waals surface area contributed by atoms with Crippen LogP contribution in [0, 0.1) is 29.1 Å². The van der Waals surface area contributed by atoms with E-state index in [2.05, 4.69) is 5.32 Å². The molecule has 1 nitrogen and oxygen atoms in total. The monoisotopic (exact) mass is 265 g/mol. The third-order valence-electron chi connectivity index (χ3n) is 3.22. The molecule has 0 amide bonds. The molecule has 0 radical (unpaired) electrons. The summed E-state index contributed by atoms with van der Waals surface area (Å²) in [6.07, 6.45) is 3.73. The maximum Gasteiger partial charge on any atom is 0.200 e. The number of benzene rings is 1. The highest BCUT2D eigenvalue weighted by molar-refractivity contribution is 5.24. The zero-order valence-electron chi connectivity index (χ0n) is 9.50. The zero-order valence-corrected chi connectivity index (χ0v) is 9.50. The van der Waals surface area contributed by atoms with Gasteiger partial charge in [0, 0.05) is 18.2 Å². The SMILES string of the molecule is Fc1c(F)c(F)c(CNC2CCCC2)c(F)c1F. The lowest BCUT2D eigenvalue weighted by Gasteiger charge is -2.13. The van der Waals surface area contributed by atoms with Crippen molar-refractivity contribution < 1.29 is 22.0 Å². The zero-order chi connectivity index (χ0) is 13.3. The normalized spacial score (nSPS) is 16.5. The van der Waals surface area contributed by atoms with Gasteiger partial charge in [-0.05, 0) is 12.8 Å². The van der Waals surface area contributed by atoms with Gasteiger partial charge in [-0.15, -0.1) is 0 Å². The van der Waals surface area contributed by atoms with Crippen LogP contribution in [0.25, 0.3) is 0 Å². The Balaban J connectivity index is 2.21. The Morgan fingerprint density at radius 1 is 0.778 bits per heavy atom. The second-order valence-corrected chi connectivity index (χ2v) is 4.41. The van der Waals surface area contributed by atoms with Gasteiger partial charge in [-0.25, -0.2) is 22.0 Å². The number of nitrogens with one attached hydrogen (secondary N) is 1. The van der Waals surface area contributed by atoms with Crippen molar-refractivity contribution >= 4 is 0 Å².